The number of carbonyl (C=O) groups excluding carboxylic acids is 2. The molecule has 2 atom stereocenters. The fourth-order valence-electron chi connectivity index (χ4n) is 4.01. The topological polar surface area (TPSA) is 105 Å². The average molecular weight is 532 g/mol. The Kier molecular flexibility index (Phi) is 9.42. The fourth-order valence-corrected chi connectivity index (χ4v) is 5.06. The third kappa shape index (κ3) is 6.94. The molecule has 3 rings (SSSR count). The highest BCUT2D eigenvalue weighted by Gasteiger charge is 2.33. The smallest absolute Gasteiger partial charge is 0.244 e. The van der Waals surface area contributed by atoms with Crippen molar-refractivity contribution in [3.63, 3.8) is 0 Å². The van der Waals surface area contributed by atoms with Crippen LogP contribution < -0.4 is 19.1 Å². The quantitative estimate of drug-likeness (QED) is 0.449. The van der Waals surface area contributed by atoms with Gasteiger partial charge in [-0.25, -0.2) is 8.42 Å². The van der Waals surface area contributed by atoms with E-state index in [9.17, 15) is 18.0 Å². The molecule has 1 aliphatic heterocycles. The number of fused-ring (bicyclic) bond motifs is 1. The summed E-state index contributed by atoms with van der Waals surface area (Å²) >= 11 is 0. The summed E-state index contributed by atoms with van der Waals surface area (Å²) in [6.07, 6.45) is 1.13. The van der Waals surface area contributed by atoms with Gasteiger partial charge in [-0.1, -0.05) is 43.7 Å². The molecule has 0 aliphatic carbocycles. The molecule has 0 bridgehead atoms. The zero-order valence-electron chi connectivity index (χ0n) is 22.2. The van der Waals surface area contributed by atoms with Crippen LogP contribution in [0.2, 0.25) is 0 Å². The van der Waals surface area contributed by atoms with Gasteiger partial charge in [0.1, 0.15) is 12.6 Å². The molecular formula is C27H37N3O6S. The van der Waals surface area contributed by atoms with E-state index in [4.69, 9.17) is 9.47 Å². The van der Waals surface area contributed by atoms with E-state index in [0.717, 1.165) is 21.9 Å². The lowest BCUT2D eigenvalue weighted by molar-refractivity contribution is -0.140. The summed E-state index contributed by atoms with van der Waals surface area (Å²) in [5.41, 5.74) is 2.22. The minimum Gasteiger partial charge on any atom is -0.454 e. The summed E-state index contributed by atoms with van der Waals surface area (Å²) in [5, 5.41) is 2.97. The van der Waals surface area contributed by atoms with Crippen LogP contribution in [0.4, 0.5) is 5.69 Å². The summed E-state index contributed by atoms with van der Waals surface area (Å²) in [7, 11) is -3.82. The Morgan fingerprint density at radius 3 is 2.30 bits per heavy atom. The fraction of sp³-hybridized carbons (Fsp3) is 0.481. The van der Waals surface area contributed by atoms with Crippen LogP contribution in [-0.2, 0) is 26.2 Å². The second-order valence-corrected chi connectivity index (χ2v) is 11.4. The third-order valence-corrected chi connectivity index (χ3v) is 8.23. The van der Waals surface area contributed by atoms with Gasteiger partial charge in [0.2, 0.25) is 28.6 Å². The summed E-state index contributed by atoms with van der Waals surface area (Å²) in [5.74, 6) is -0.000189. The highest BCUT2D eigenvalue weighted by Crippen LogP contribution is 2.36. The summed E-state index contributed by atoms with van der Waals surface area (Å²) < 4.78 is 38.1. The van der Waals surface area contributed by atoms with Crippen molar-refractivity contribution < 1.29 is 27.5 Å². The van der Waals surface area contributed by atoms with Crippen LogP contribution in [-0.4, -0.2) is 56.3 Å². The van der Waals surface area contributed by atoms with Crippen molar-refractivity contribution in [3.05, 3.63) is 53.6 Å². The van der Waals surface area contributed by atoms with E-state index >= 15 is 0 Å². The largest absolute Gasteiger partial charge is 0.454 e. The molecule has 37 heavy (non-hydrogen) atoms. The average Bonchev–Trinajstić information content (AvgIpc) is 3.36. The molecule has 0 fully saturated rings. The molecule has 0 radical (unpaired) electrons. The highest BCUT2D eigenvalue weighted by atomic mass is 32.2. The highest BCUT2D eigenvalue weighted by molar-refractivity contribution is 7.92. The number of nitrogens with one attached hydrogen (secondary N) is 1. The first-order valence-corrected chi connectivity index (χ1v) is 14.3. The van der Waals surface area contributed by atoms with Crippen molar-refractivity contribution >= 4 is 27.5 Å². The zero-order valence-corrected chi connectivity index (χ0v) is 23.0. The Morgan fingerprint density at radius 2 is 1.68 bits per heavy atom. The van der Waals surface area contributed by atoms with Crippen molar-refractivity contribution in [2.45, 2.75) is 66.1 Å². The van der Waals surface area contributed by atoms with Gasteiger partial charge in [0.05, 0.1) is 11.4 Å². The van der Waals surface area contributed by atoms with Gasteiger partial charge in [0.25, 0.3) is 0 Å². The second kappa shape index (κ2) is 12.3. The Hall–Kier alpha value is -3.27. The van der Waals surface area contributed by atoms with Crippen molar-refractivity contribution in [1.82, 2.24) is 10.2 Å². The van der Waals surface area contributed by atoms with Gasteiger partial charge < -0.3 is 19.7 Å². The van der Waals surface area contributed by atoms with E-state index in [1.165, 1.54) is 11.8 Å². The number of rotatable bonds is 12. The first-order valence-electron chi connectivity index (χ1n) is 12.6. The van der Waals surface area contributed by atoms with Gasteiger partial charge in [0, 0.05) is 18.7 Å². The monoisotopic (exact) mass is 531 g/mol. The minimum absolute atomic E-state index is 0.0477. The molecule has 2 aromatic carbocycles. The molecule has 10 heteroatoms. The van der Waals surface area contributed by atoms with Crippen LogP contribution in [0.1, 0.15) is 51.7 Å². The van der Waals surface area contributed by atoms with E-state index in [1.807, 2.05) is 52.0 Å². The zero-order chi connectivity index (χ0) is 27.2. The van der Waals surface area contributed by atoms with Crippen LogP contribution in [0.25, 0.3) is 0 Å². The van der Waals surface area contributed by atoms with Gasteiger partial charge in [-0.15, -0.1) is 0 Å². The number of carbonyl (C=O) groups is 2. The van der Waals surface area contributed by atoms with Crippen molar-refractivity contribution in [3.8, 4) is 11.5 Å². The van der Waals surface area contributed by atoms with E-state index in [0.29, 0.717) is 23.6 Å². The number of amides is 2. The number of ether oxygens (including phenoxy) is 2. The Balaban J connectivity index is 1.96. The molecular weight excluding hydrogens is 494 g/mol. The number of hydrogen-bond donors (Lipinski definition) is 1. The number of benzene rings is 2. The van der Waals surface area contributed by atoms with Gasteiger partial charge in [-0.05, 0) is 51.3 Å². The third-order valence-electron chi connectivity index (χ3n) is 6.48. The Morgan fingerprint density at radius 1 is 1.00 bits per heavy atom. The lowest BCUT2D eigenvalue weighted by Gasteiger charge is -2.33. The molecule has 0 spiro atoms. The van der Waals surface area contributed by atoms with Crippen molar-refractivity contribution in [2.24, 2.45) is 0 Å². The second-order valence-electron chi connectivity index (χ2n) is 9.19. The summed E-state index contributed by atoms with van der Waals surface area (Å²) in [4.78, 5) is 28.5. The first kappa shape index (κ1) is 28.3. The molecule has 1 N–H and O–H groups in total. The van der Waals surface area contributed by atoms with Gasteiger partial charge in [0.15, 0.2) is 11.5 Å². The van der Waals surface area contributed by atoms with E-state index in [-0.39, 0.29) is 31.0 Å². The summed E-state index contributed by atoms with van der Waals surface area (Å²) in [6, 6.07) is 11.7. The lowest BCUT2D eigenvalue weighted by atomic mass is 10.1. The maximum Gasteiger partial charge on any atom is 0.244 e. The SMILES string of the molecule is CC[C@@H](C)NC(=O)[C@@H](CC)N(Cc1ccc(C)cc1)C(=O)CN(c1ccc2c(c1)OCO2)S(=O)(=O)CC. The number of anilines is 1. The molecule has 202 valence electrons. The van der Waals surface area contributed by atoms with Gasteiger partial charge >= 0.3 is 0 Å². The van der Waals surface area contributed by atoms with Crippen LogP contribution in [0.5, 0.6) is 11.5 Å². The first-order chi connectivity index (χ1) is 17.6. The predicted octanol–water partition coefficient (Wildman–Crippen LogP) is 3.60. The minimum atomic E-state index is -3.82. The lowest BCUT2D eigenvalue weighted by Crippen LogP contribution is -2.53. The van der Waals surface area contributed by atoms with Crippen LogP contribution >= 0.6 is 0 Å². The van der Waals surface area contributed by atoms with Gasteiger partial charge in [-0.2, -0.15) is 0 Å². The Bertz CT molecular complexity index is 1200. The van der Waals surface area contributed by atoms with E-state index in [1.54, 1.807) is 18.2 Å². The van der Waals surface area contributed by atoms with Crippen molar-refractivity contribution in [1.29, 1.82) is 0 Å². The van der Waals surface area contributed by atoms with E-state index < -0.39 is 28.5 Å². The molecule has 9 nitrogen and oxygen atoms in total. The molecule has 1 heterocycles. The number of aryl methyl sites for hydroxylation is 1. The van der Waals surface area contributed by atoms with Crippen LogP contribution in [0.3, 0.4) is 0 Å². The molecule has 2 aromatic rings. The number of sulfonamides is 1. The Labute approximate surface area is 219 Å². The van der Waals surface area contributed by atoms with Crippen LogP contribution in [0, 0.1) is 6.92 Å². The number of hydrogen-bond acceptors (Lipinski definition) is 6. The van der Waals surface area contributed by atoms with Gasteiger partial charge in [-0.3, -0.25) is 13.9 Å². The molecule has 0 aromatic heterocycles. The van der Waals surface area contributed by atoms with E-state index in [2.05, 4.69) is 5.32 Å². The number of nitrogens with zero attached hydrogens (tertiary/aromatic N) is 2. The molecule has 1 aliphatic rings. The normalized spacial score (nSPS) is 14.1. The molecule has 0 unspecified atom stereocenters. The van der Waals surface area contributed by atoms with Crippen LogP contribution in [0.15, 0.2) is 42.5 Å². The predicted molar refractivity (Wildman–Crippen MR) is 143 cm³/mol. The maximum absolute atomic E-state index is 13.8. The molecule has 2 amide bonds. The maximum atomic E-state index is 13.8. The summed E-state index contributed by atoms with van der Waals surface area (Å²) in [6.45, 7) is 8.99. The standard InChI is InChI=1S/C27H37N3O6S/c1-6-20(5)28-27(32)23(7-2)29(16-21-11-9-19(4)10-12-21)26(31)17-30(37(33,34)8-3)22-13-14-24-25(15-22)36-18-35-24/h9-15,20,23H,6-8,16-18H2,1-5H3,(H,28,32)/t20-,23-/m1/s1. The molecule has 0 saturated heterocycles. The molecule has 0 saturated carbocycles. The van der Waals surface area contributed by atoms with Crippen molar-refractivity contribution in [2.75, 3.05) is 23.4 Å².